The van der Waals surface area contributed by atoms with Gasteiger partial charge in [0.2, 0.25) is 0 Å². The number of nitrogens with zero attached hydrogens (tertiary/aromatic N) is 3. The van der Waals surface area contributed by atoms with E-state index < -0.39 is 19.2 Å². The molecule has 0 aliphatic carbocycles. The van der Waals surface area contributed by atoms with Crippen molar-refractivity contribution in [2.75, 3.05) is 0 Å². The van der Waals surface area contributed by atoms with E-state index in [1.165, 1.54) is 4.40 Å². The molecule has 0 aliphatic heterocycles. The summed E-state index contributed by atoms with van der Waals surface area (Å²) in [6.07, 6.45) is 2.03. The van der Waals surface area contributed by atoms with Gasteiger partial charge in [0.15, 0.2) is 0 Å². The van der Waals surface area contributed by atoms with Crippen molar-refractivity contribution in [3.8, 4) is 61.7 Å². The molecule has 0 spiro atoms. The molecule has 0 bridgehead atoms. The fourth-order valence-electron chi connectivity index (χ4n) is 10.9. The van der Waals surface area contributed by atoms with Crippen molar-refractivity contribution in [2.45, 2.75) is 50.9 Å². The predicted octanol–water partition coefficient (Wildman–Crippen LogP) is 19.0. The van der Waals surface area contributed by atoms with Gasteiger partial charge in [-0.2, -0.15) is 0 Å². The van der Waals surface area contributed by atoms with Crippen LogP contribution in [0.15, 0.2) is 217 Å². The quantitative estimate of drug-likeness (QED) is 0.0822. The van der Waals surface area contributed by atoms with Gasteiger partial charge in [0.1, 0.15) is 11.4 Å². The molecule has 4 nitrogen and oxygen atoms in total. The van der Waals surface area contributed by atoms with Crippen molar-refractivity contribution in [2.24, 2.45) is 5.92 Å². The number of furan rings is 1. The third-order valence-electron chi connectivity index (χ3n) is 15.1. The molecule has 13 aromatic rings. The Labute approximate surface area is 473 Å². The summed E-state index contributed by atoms with van der Waals surface area (Å²) in [5.74, 6) is 7.13. The summed E-state index contributed by atoms with van der Waals surface area (Å²) in [6, 6.07) is 76.1. The molecular weight excluding hydrogens is 1190 g/mol. The molecule has 7 heteroatoms. The van der Waals surface area contributed by atoms with E-state index in [0.29, 0.717) is 17.0 Å². The van der Waals surface area contributed by atoms with Crippen LogP contribution in [0.3, 0.4) is 0 Å². The molecule has 1 atom stereocenters. The van der Waals surface area contributed by atoms with E-state index in [9.17, 15) is 0 Å². The Hall–Kier alpha value is -7.74. The second-order valence-electron chi connectivity index (χ2n) is 21.3. The van der Waals surface area contributed by atoms with E-state index in [4.69, 9.17) is 10.8 Å². The van der Waals surface area contributed by atoms with E-state index >= 15 is 4.39 Å². The third-order valence-corrected chi connectivity index (χ3v) is 19.3. The number of fused-ring (bicyclic) bond motifs is 9. The number of imidazole rings is 1. The second-order valence-corrected chi connectivity index (χ2v) is 31.9. The maximum Gasteiger partial charge on any atom is 0 e. The van der Waals surface area contributed by atoms with Gasteiger partial charge in [-0.3, -0.25) is 4.98 Å². The standard InChI is InChI=1S/C52H32FN2O.C19H26GeN.Ir/c1-32-25-27-42(51-48(32)41-28-26-36(29-47(41)56-51)33-15-5-2-6-16-33)52-54-49-39-23-13-11-21-37(39)38-22-12-14-24-40(38)50(49)55(52)46-31-43(34-17-7-3-8-18-34)45(53)30-44(46)35-19-9-4-10-20-35;1-14(2)15(3)17-12-19(16-10-8-7-9-11-16)21-13-18(17)20(4,5)6;/h2-26,28-31H,1H3;7-10,12-15H,1-6H3;/q2*-1;/i;15D;. The molecule has 385 valence electrons. The van der Waals surface area contributed by atoms with Gasteiger partial charge in [0, 0.05) is 53.1 Å². The minimum atomic E-state index is -2.08. The number of hydrogen-bond acceptors (Lipinski definition) is 3. The van der Waals surface area contributed by atoms with E-state index in [-0.39, 0.29) is 31.8 Å². The molecule has 0 fully saturated rings. The van der Waals surface area contributed by atoms with Gasteiger partial charge >= 0.3 is 133 Å². The Bertz CT molecular complexity index is 4380. The van der Waals surface area contributed by atoms with Gasteiger partial charge in [0.25, 0.3) is 0 Å². The summed E-state index contributed by atoms with van der Waals surface area (Å²) >= 11 is -2.08. The molecule has 0 N–H and O–H groups in total. The number of aromatic nitrogens is 3. The molecule has 13 rings (SSSR count). The van der Waals surface area contributed by atoms with Gasteiger partial charge in [-0.15, -0.1) is 17.7 Å². The minimum Gasteiger partial charge on any atom is 0 e. The maximum absolute atomic E-state index is 16.5. The summed E-state index contributed by atoms with van der Waals surface area (Å²) in [5, 5.41) is 6.37. The van der Waals surface area contributed by atoms with Crippen LogP contribution in [0.2, 0.25) is 17.3 Å². The number of benzene rings is 10. The Balaban J connectivity index is 0.000000243. The van der Waals surface area contributed by atoms with E-state index in [0.717, 1.165) is 110 Å². The van der Waals surface area contributed by atoms with Crippen molar-refractivity contribution < 1.29 is 30.3 Å². The fraction of sp³-hybridized carbons (Fsp3) is 0.127. The van der Waals surface area contributed by atoms with E-state index in [2.05, 4.69) is 157 Å². The molecule has 0 saturated carbocycles. The van der Waals surface area contributed by atoms with Crippen molar-refractivity contribution in [3.05, 3.63) is 242 Å². The third kappa shape index (κ3) is 9.61. The monoisotopic (exact) mass is 1260 g/mol. The first-order chi connectivity index (χ1) is 37.8. The average Bonchev–Trinajstić information content (AvgIpc) is 4.29. The molecule has 78 heavy (non-hydrogen) atoms. The Morgan fingerprint density at radius 3 is 1.86 bits per heavy atom. The van der Waals surface area contributed by atoms with Crippen LogP contribution < -0.4 is 4.40 Å². The summed E-state index contributed by atoms with van der Waals surface area (Å²) in [5.41, 5.74) is 14.1. The Morgan fingerprint density at radius 2 is 1.22 bits per heavy atom. The summed E-state index contributed by atoms with van der Waals surface area (Å²) in [6.45, 7) is 8.39. The number of halogens is 1. The first-order valence-electron chi connectivity index (χ1n) is 26.9. The van der Waals surface area contributed by atoms with Crippen LogP contribution in [-0.2, 0) is 20.1 Å². The van der Waals surface area contributed by atoms with Crippen LogP contribution >= 0.6 is 0 Å². The fourth-order valence-corrected chi connectivity index (χ4v) is 14.1. The van der Waals surface area contributed by atoms with Crippen LogP contribution in [0.5, 0.6) is 0 Å². The largest absolute Gasteiger partial charge is 0 e. The zero-order valence-corrected chi connectivity index (χ0v) is 49.2. The smallest absolute Gasteiger partial charge is 0 e. The van der Waals surface area contributed by atoms with Gasteiger partial charge in [-0.05, 0) is 51.2 Å². The van der Waals surface area contributed by atoms with Crippen LogP contribution in [0, 0.1) is 30.8 Å². The van der Waals surface area contributed by atoms with Gasteiger partial charge in [-0.25, -0.2) is 4.39 Å². The van der Waals surface area contributed by atoms with Crippen molar-refractivity contribution in [1.29, 1.82) is 0 Å². The Morgan fingerprint density at radius 1 is 0.615 bits per heavy atom. The average molecular weight is 1250 g/mol. The summed E-state index contributed by atoms with van der Waals surface area (Å²) in [4.78, 5) is 10.3. The SMILES string of the molecule is Cc1c[c-]c(-c2nc3c4ccccc4c4ccccc4c3n2-c2cc(-c3ccccc3)c(F)cc2-c2ccccc2)c2oc3cc(-c4ccccc4)ccc3c12.[2H]C(C)(c1cc(-c2[c-]cccc2)nc[c]1[Ge]([CH3])([CH3])[CH3])C(C)C.[Ir]. The normalized spacial score (nSPS) is 12.7. The summed E-state index contributed by atoms with van der Waals surface area (Å²) in [7, 11) is 0. The number of aryl methyl sites for hydroxylation is 1. The van der Waals surface area contributed by atoms with Crippen LogP contribution in [0.4, 0.5) is 4.39 Å². The first kappa shape index (κ1) is 51.0. The molecule has 10 aromatic carbocycles. The first-order valence-corrected chi connectivity index (χ1v) is 33.8. The zero-order valence-electron chi connectivity index (χ0n) is 45.7. The topological polar surface area (TPSA) is 43.9 Å². The van der Waals surface area contributed by atoms with Gasteiger partial charge in [-0.1, -0.05) is 170 Å². The number of hydrogen-bond donors (Lipinski definition) is 0. The molecular formula is C71H58FGeIrN3O-2. The van der Waals surface area contributed by atoms with Crippen molar-refractivity contribution >= 4 is 72.2 Å². The molecule has 1 radical (unpaired) electrons. The molecule has 3 aromatic heterocycles. The van der Waals surface area contributed by atoms with Crippen molar-refractivity contribution in [3.63, 3.8) is 0 Å². The number of rotatable bonds is 9. The summed E-state index contributed by atoms with van der Waals surface area (Å²) < 4.78 is 35.9. The maximum atomic E-state index is 16.5. The predicted molar refractivity (Wildman–Crippen MR) is 323 cm³/mol. The number of pyridine rings is 1. The van der Waals surface area contributed by atoms with Crippen LogP contribution in [0.25, 0.3) is 116 Å². The van der Waals surface area contributed by atoms with Crippen LogP contribution in [-0.4, -0.2) is 27.8 Å². The Kier molecular flexibility index (Phi) is 14.1. The van der Waals surface area contributed by atoms with E-state index in [1.54, 1.807) is 6.07 Å². The molecule has 0 saturated heterocycles. The zero-order chi connectivity index (χ0) is 53.9. The second kappa shape index (κ2) is 21.6. The molecule has 3 heterocycles. The van der Waals surface area contributed by atoms with Crippen molar-refractivity contribution in [1.82, 2.24) is 14.5 Å². The van der Waals surface area contributed by atoms with Gasteiger partial charge < -0.3 is 8.98 Å². The molecule has 0 amide bonds. The molecule has 1 unspecified atom stereocenters. The van der Waals surface area contributed by atoms with Crippen LogP contribution in [0.1, 0.15) is 39.2 Å². The minimum absolute atomic E-state index is 0. The van der Waals surface area contributed by atoms with E-state index in [1.807, 2.05) is 116 Å². The molecule has 0 aliphatic rings. The van der Waals surface area contributed by atoms with Gasteiger partial charge in [0.05, 0.1) is 22.4 Å².